The molecule has 4 heterocycles. The molecule has 11 nitrogen and oxygen atoms in total. The Bertz CT molecular complexity index is 1400. The Morgan fingerprint density at radius 1 is 1.05 bits per heavy atom. The number of piperidine rings is 1. The smallest absolute Gasteiger partial charge is 0.410 e. The lowest BCUT2D eigenvalue weighted by Crippen LogP contribution is -2.49. The molecule has 3 fully saturated rings. The summed E-state index contributed by atoms with van der Waals surface area (Å²) in [4.78, 5) is 44.0. The molecule has 2 aromatic rings. The summed E-state index contributed by atoms with van der Waals surface area (Å²) in [6.07, 6.45) is 3.58. The fourth-order valence-electron chi connectivity index (χ4n) is 6.41. The van der Waals surface area contributed by atoms with Crippen LogP contribution in [0.5, 0.6) is 5.75 Å². The topological polar surface area (TPSA) is 106 Å². The van der Waals surface area contributed by atoms with Crippen molar-refractivity contribution in [3.63, 3.8) is 0 Å². The molecular formula is C32H43N5O6. The zero-order chi connectivity index (χ0) is 30.5. The molecule has 4 aliphatic rings. The number of carbonyl (C=O) groups excluding carboxylic acids is 3. The molecular weight excluding hydrogens is 550 g/mol. The molecule has 1 atom stereocenters. The lowest BCUT2D eigenvalue weighted by atomic mass is 9.79. The number of amides is 3. The van der Waals surface area contributed by atoms with Crippen LogP contribution in [0, 0.1) is 12.8 Å². The van der Waals surface area contributed by atoms with Gasteiger partial charge in [0.05, 0.1) is 12.6 Å². The highest BCUT2D eigenvalue weighted by molar-refractivity contribution is 5.78. The predicted octanol–water partition coefficient (Wildman–Crippen LogP) is 4.56. The molecule has 6 rings (SSSR count). The number of ether oxygens (including phenoxy) is 3. The minimum atomic E-state index is -0.645. The summed E-state index contributed by atoms with van der Waals surface area (Å²) in [6.45, 7) is 10.2. The molecule has 11 heteroatoms. The van der Waals surface area contributed by atoms with E-state index >= 15 is 0 Å². The van der Waals surface area contributed by atoms with Crippen molar-refractivity contribution < 1.29 is 28.6 Å². The summed E-state index contributed by atoms with van der Waals surface area (Å²) in [5.41, 5.74) is 2.40. The monoisotopic (exact) mass is 593 g/mol. The lowest BCUT2D eigenvalue weighted by molar-refractivity contribution is -0.132. The zero-order valence-electron chi connectivity index (χ0n) is 25.9. The third-order valence-electron chi connectivity index (χ3n) is 9.12. The molecule has 1 aromatic heterocycles. The second-order valence-electron chi connectivity index (χ2n) is 13.4. The van der Waals surface area contributed by atoms with Gasteiger partial charge in [-0.1, -0.05) is 12.1 Å². The molecule has 1 aromatic carbocycles. The van der Waals surface area contributed by atoms with Crippen LogP contribution in [0.4, 0.5) is 9.59 Å². The SMILES string of the molecule is Cc1c2c(nn1CC(=O)N(C)C1CCN(C(=O)OC(C)(C)C)C1)-c1ccccc1OC21CCN(C(=O)OCC2CC2)CC1. The van der Waals surface area contributed by atoms with E-state index in [0.717, 1.165) is 41.1 Å². The van der Waals surface area contributed by atoms with Gasteiger partial charge in [-0.15, -0.1) is 0 Å². The molecule has 232 valence electrons. The number of hydrogen-bond donors (Lipinski definition) is 0. The van der Waals surface area contributed by atoms with Gasteiger partial charge in [0.2, 0.25) is 5.91 Å². The molecule has 1 spiro atoms. The number of para-hydroxylation sites is 1. The Balaban J connectivity index is 1.18. The number of rotatable bonds is 5. The molecule has 1 aliphatic carbocycles. The van der Waals surface area contributed by atoms with Crippen molar-refractivity contribution >= 4 is 18.1 Å². The van der Waals surface area contributed by atoms with E-state index in [2.05, 4.69) is 0 Å². The van der Waals surface area contributed by atoms with Crippen LogP contribution in [-0.2, 0) is 26.4 Å². The molecule has 3 amide bonds. The van der Waals surface area contributed by atoms with Gasteiger partial charge in [-0.2, -0.15) is 5.10 Å². The van der Waals surface area contributed by atoms with Crippen molar-refractivity contribution in [3.05, 3.63) is 35.5 Å². The van der Waals surface area contributed by atoms with Crippen molar-refractivity contribution in [1.82, 2.24) is 24.5 Å². The fraction of sp³-hybridized carbons (Fsp3) is 0.625. The minimum absolute atomic E-state index is 0.0736. The van der Waals surface area contributed by atoms with Gasteiger partial charge < -0.3 is 28.9 Å². The first-order valence-electron chi connectivity index (χ1n) is 15.5. The second kappa shape index (κ2) is 11.1. The summed E-state index contributed by atoms with van der Waals surface area (Å²) in [5, 5.41) is 4.98. The Kier molecular flexibility index (Phi) is 7.54. The van der Waals surface area contributed by atoms with Gasteiger partial charge in [0.15, 0.2) is 0 Å². The van der Waals surface area contributed by atoms with Gasteiger partial charge in [0.25, 0.3) is 0 Å². The predicted molar refractivity (Wildman–Crippen MR) is 159 cm³/mol. The number of likely N-dealkylation sites (tertiary alicyclic amines) is 2. The fourth-order valence-corrected chi connectivity index (χ4v) is 6.41. The third kappa shape index (κ3) is 5.90. The van der Waals surface area contributed by atoms with E-state index in [9.17, 15) is 14.4 Å². The van der Waals surface area contributed by atoms with Gasteiger partial charge in [-0.25, -0.2) is 9.59 Å². The van der Waals surface area contributed by atoms with Crippen molar-refractivity contribution in [1.29, 1.82) is 0 Å². The van der Waals surface area contributed by atoms with Gasteiger partial charge >= 0.3 is 12.2 Å². The Hall–Kier alpha value is -3.76. The minimum Gasteiger partial charge on any atom is -0.482 e. The molecule has 2 saturated heterocycles. The van der Waals surface area contributed by atoms with E-state index in [4.69, 9.17) is 19.3 Å². The summed E-state index contributed by atoms with van der Waals surface area (Å²) in [7, 11) is 1.79. The van der Waals surface area contributed by atoms with Crippen LogP contribution >= 0.6 is 0 Å². The van der Waals surface area contributed by atoms with E-state index in [1.54, 1.807) is 26.4 Å². The number of fused-ring (bicyclic) bond motifs is 4. The number of hydrogen-bond acceptors (Lipinski definition) is 7. The molecule has 3 aliphatic heterocycles. The third-order valence-corrected chi connectivity index (χ3v) is 9.12. The Morgan fingerprint density at radius 3 is 2.47 bits per heavy atom. The van der Waals surface area contributed by atoms with Gasteiger partial charge in [0, 0.05) is 62.9 Å². The zero-order valence-corrected chi connectivity index (χ0v) is 25.9. The lowest BCUT2D eigenvalue weighted by Gasteiger charge is -2.44. The largest absolute Gasteiger partial charge is 0.482 e. The van der Waals surface area contributed by atoms with Crippen LogP contribution in [0.2, 0.25) is 0 Å². The summed E-state index contributed by atoms with van der Waals surface area (Å²) in [5.74, 6) is 1.21. The maximum absolute atomic E-state index is 13.6. The van der Waals surface area contributed by atoms with Crippen molar-refractivity contribution in [2.75, 3.05) is 39.8 Å². The molecule has 0 bridgehead atoms. The molecule has 43 heavy (non-hydrogen) atoms. The average Bonchev–Trinajstić information content (AvgIpc) is 3.55. The van der Waals surface area contributed by atoms with E-state index in [1.165, 1.54) is 0 Å². The molecule has 0 radical (unpaired) electrons. The Morgan fingerprint density at radius 2 is 1.77 bits per heavy atom. The molecule has 1 unspecified atom stereocenters. The summed E-state index contributed by atoms with van der Waals surface area (Å²) in [6, 6.07) is 7.78. The molecule has 1 saturated carbocycles. The quantitative estimate of drug-likeness (QED) is 0.501. The van der Waals surface area contributed by atoms with Crippen LogP contribution in [0.25, 0.3) is 11.3 Å². The highest BCUT2D eigenvalue weighted by Crippen LogP contribution is 2.50. The number of benzene rings is 1. The van der Waals surface area contributed by atoms with Crippen LogP contribution in [0.3, 0.4) is 0 Å². The van der Waals surface area contributed by atoms with E-state index in [-0.39, 0.29) is 30.7 Å². The van der Waals surface area contributed by atoms with Gasteiger partial charge in [0.1, 0.15) is 29.2 Å². The highest BCUT2D eigenvalue weighted by Gasteiger charge is 2.48. The Labute approximate surface area is 253 Å². The number of likely N-dealkylation sites (N-methyl/N-ethyl adjacent to an activating group) is 1. The van der Waals surface area contributed by atoms with E-state index in [1.807, 2.05) is 52.0 Å². The average molecular weight is 594 g/mol. The first-order valence-corrected chi connectivity index (χ1v) is 15.5. The van der Waals surface area contributed by atoms with Crippen LogP contribution in [0.1, 0.15) is 64.1 Å². The van der Waals surface area contributed by atoms with E-state index in [0.29, 0.717) is 58.0 Å². The first-order chi connectivity index (χ1) is 20.4. The van der Waals surface area contributed by atoms with Crippen LogP contribution in [-0.4, -0.2) is 94.1 Å². The summed E-state index contributed by atoms with van der Waals surface area (Å²) >= 11 is 0. The van der Waals surface area contributed by atoms with Crippen molar-refractivity contribution in [2.45, 2.75) is 83.6 Å². The standard InChI is InChI=1S/C32H43N5O6/c1-21-27-28(33-37(21)19-26(38)34(5)23-12-15-36(18-23)30(40)43-31(2,3)4)24-8-6-7-9-25(24)42-32(27)13-16-35(17-14-32)29(39)41-20-22-10-11-22/h6-9,22-23H,10-20H2,1-5H3. The number of aromatic nitrogens is 2. The number of nitrogens with zero attached hydrogens (tertiary/aromatic N) is 5. The first kappa shape index (κ1) is 29.3. The maximum Gasteiger partial charge on any atom is 0.410 e. The second-order valence-corrected chi connectivity index (χ2v) is 13.4. The summed E-state index contributed by atoms with van der Waals surface area (Å²) < 4.78 is 19.6. The number of carbonyl (C=O) groups is 3. The molecule has 0 N–H and O–H groups in total. The van der Waals surface area contributed by atoms with Crippen molar-refractivity contribution in [3.8, 4) is 17.0 Å². The van der Waals surface area contributed by atoms with Crippen molar-refractivity contribution in [2.24, 2.45) is 5.92 Å². The maximum atomic E-state index is 13.6. The van der Waals surface area contributed by atoms with Crippen LogP contribution in [0.15, 0.2) is 24.3 Å². The van der Waals surface area contributed by atoms with Crippen LogP contribution < -0.4 is 4.74 Å². The van der Waals surface area contributed by atoms with E-state index < -0.39 is 11.2 Å². The van der Waals surface area contributed by atoms with Gasteiger partial charge in [-0.05, 0) is 65.0 Å². The normalized spacial score (nSPS) is 20.7. The van der Waals surface area contributed by atoms with Gasteiger partial charge in [-0.3, -0.25) is 9.48 Å². The highest BCUT2D eigenvalue weighted by atomic mass is 16.6.